The van der Waals surface area contributed by atoms with Crippen molar-refractivity contribution in [2.75, 3.05) is 0 Å². The molecule has 1 N–H and O–H groups in total. The molecule has 0 fully saturated rings. The zero-order chi connectivity index (χ0) is 8.43. The Morgan fingerprint density at radius 1 is 1.73 bits per heavy atom. The van der Waals surface area contributed by atoms with Gasteiger partial charge in [0.15, 0.2) is 5.78 Å². The van der Waals surface area contributed by atoms with Crippen LogP contribution in [-0.4, -0.2) is 22.6 Å². The van der Waals surface area contributed by atoms with Gasteiger partial charge >= 0.3 is 5.97 Å². The van der Waals surface area contributed by atoms with E-state index in [2.05, 4.69) is 20.9 Å². The Hall–Kier alpha value is -0.970. The molecule has 11 heavy (non-hydrogen) atoms. The standard InChI is InChI=1S/C6H4BrNO3/c7-3-2-8-4(6(10)11)1-5(3)9/h2H,1H2,(H,10,11). The number of hydrogen-bond acceptors (Lipinski definition) is 3. The zero-order valence-corrected chi connectivity index (χ0v) is 6.96. The maximum atomic E-state index is 10.8. The number of aliphatic imine (C=N–C) groups is 1. The summed E-state index contributed by atoms with van der Waals surface area (Å²) in [7, 11) is 0. The zero-order valence-electron chi connectivity index (χ0n) is 5.37. The number of carbonyl (C=O) groups is 2. The fourth-order valence-electron chi connectivity index (χ4n) is 0.620. The van der Waals surface area contributed by atoms with E-state index in [0.717, 1.165) is 0 Å². The highest BCUT2D eigenvalue weighted by Gasteiger charge is 2.19. The van der Waals surface area contributed by atoms with Crippen LogP contribution in [0.25, 0.3) is 0 Å². The molecule has 0 spiro atoms. The largest absolute Gasteiger partial charge is 0.477 e. The first-order chi connectivity index (χ1) is 5.11. The lowest BCUT2D eigenvalue weighted by Gasteiger charge is -2.03. The number of carboxylic acids is 1. The van der Waals surface area contributed by atoms with Crippen LogP contribution in [0.3, 0.4) is 0 Å². The molecule has 1 aliphatic heterocycles. The van der Waals surface area contributed by atoms with Gasteiger partial charge in [0.1, 0.15) is 5.71 Å². The summed E-state index contributed by atoms with van der Waals surface area (Å²) >= 11 is 2.94. The van der Waals surface area contributed by atoms with E-state index >= 15 is 0 Å². The number of hydrogen-bond donors (Lipinski definition) is 1. The summed E-state index contributed by atoms with van der Waals surface area (Å²) in [4.78, 5) is 24.7. The molecule has 5 heteroatoms. The van der Waals surface area contributed by atoms with Gasteiger partial charge in [0, 0.05) is 6.20 Å². The summed E-state index contributed by atoms with van der Waals surface area (Å²) in [5, 5.41) is 8.41. The molecule has 0 aromatic carbocycles. The van der Waals surface area contributed by atoms with Crippen molar-refractivity contribution in [2.45, 2.75) is 6.42 Å². The molecule has 0 radical (unpaired) electrons. The molecule has 58 valence electrons. The van der Waals surface area contributed by atoms with E-state index in [1.807, 2.05) is 0 Å². The lowest BCUT2D eigenvalue weighted by molar-refractivity contribution is -0.130. The fraction of sp³-hybridized carbons (Fsp3) is 0.167. The van der Waals surface area contributed by atoms with Crippen molar-refractivity contribution < 1.29 is 14.7 Å². The average molecular weight is 218 g/mol. The van der Waals surface area contributed by atoms with Crippen molar-refractivity contribution in [1.29, 1.82) is 0 Å². The molecule has 0 unspecified atom stereocenters. The predicted octanol–water partition coefficient (Wildman–Crippen LogP) is 0.721. The fourth-order valence-corrected chi connectivity index (χ4v) is 0.862. The molecule has 0 saturated carbocycles. The van der Waals surface area contributed by atoms with E-state index in [9.17, 15) is 9.59 Å². The third kappa shape index (κ3) is 1.74. The van der Waals surface area contributed by atoms with Crippen molar-refractivity contribution in [3.05, 3.63) is 10.7 Å². The highest BCUT2D eigenvalue weighted by Crippen LogP contribution is 2.14. The van der Waals surface area contributed by atoms with Gasteiger partial charge in [0.2, 0.25) is 0 Å². The number of nitrogens with zero attached hydrogens (tertiary/aromatic N) is 1. The molecular formula is C6H4BrNO3. The lowest BCUT2D eigenvalue weighted by Crippen LogP contribution is -2.19. The van der Waals surface area contributed by atoms with E-state index < -0.39 is 5.97 Å². The van der Waals surface area contributed by atoms with Crippen LogP contribution in [0.5, 0.6) is 0 Å². The number of rotatable bonds is 1. The van der Waals surface area contributed by atoms with Crippen molar-refractivity contribution >= 4 is 33.4 Å². The Morgan fingerprint density at radius 2 is 2.36 bits per heavy atom. The van der Waals surface area contributed by atoms with Crippen LogP contribution < -0.4 is 0 Å². The molecule has 0 saturated heterocycles. The Balaban J connectivity index is 2.90. The SMILES string of the molecule is O=C(O)C1=NC=C(Br)C(=O)C1. The second-order valence-corrected chi connectivity index (χ2v) is 2.81. The van der Waals surface area contributed by atoms with Crippen LogP contribution in [0, 0.1) is 0 Å². The van der Waals surface area contributed by atoms with Crippen molar-refractivity contribution in [2.24, 2.45) is 4.99 Å². The highest BCUT2D eigenvalue weighted by molar-refractivity contribution is 9.12. The molecule has 1 rings (SSSR count). The third-order valence-electron chi connectivity index (χ3n) is 1.17. The normalized spacial score (nSPS) is 17.4. The predicted molar refractivity (Wildman–Crippen MR) is 41.7 cm³/mol. The smallest absolute Gasteiger partial charge is 0.350 e. The molecule has 0 aromatic heterocycles. The molecule has 4 nitrogen and oxygen atoms in total. The summed E-state index contributed by atoms with van der Waals surface area (Å²) in [5.41, 5.74) is -0.113. The monoisotopic (exact) mass is 217 g/mol. The maximum Gasteiger partial charge on any atom is 0.350 e. The molecule has 0 bridgehead atoms. The maximum absolute atomic E-state index is 10.8. The summed E-state index contributed by atoms with van der Waals surface area (Å²) < 4.78 is 0.322. The summed E-state index contributed by atoms with van der Waals surface area (Å²) in [6.07, 6.45) is 1.07. The minimum absolute atomic E-state index is 0.113. The molecular weight excluding hydrogens is 214 g/mol. The van der Waals surface area contributed by atoms with Gasteiger partial charge in [-0.25, -0.2) is 4.79 Å². The number of aliphatic carboxylic acids is 1. The van der Waals surface area contributed by atoms with E-state index in [4.69, 9.17) is 5.11 Å². The van der Waals surface area contributed by atoms with E-state index in [-0.39, 0.29) is 17.9 Å². The average Bonchev–Trinajstić information content (AvgIpc) is 1.94. The Morgan fingerprint density at radius 3 is 2.82 bits per heavy atom. The summed E-state index contributed by atoms with van der Waals surface area (Å²) in [6.45, 7) is 0. The number of allylic oxidation sites excluding steroid dienone is 1. The first kappa shape index (κ1) is 8.13. The van der Waals surface area contributed by atoms with E-state index in [1.54, 1.807) is 0 Å². The van der Waals surface area contributed by atoms with E-state index in [1.165, 1.54) is 6.20 Å². The van der Waals surface area contributed by atoms with Crippen molar-refractivity contribution in [3.63, 3.8) is 0 Å². The van der Waals surface area contributed by atoms with Crippen LogP contribution >= 0.6 is 15.9 Å². The number of carbonyl (C=O) groups excluding carboxylic acids is 1. The van der Waals surface area contributed by atoms with Gasteiger partial charge in [-0.15, -0.1) is 0 Å². The molecule has 0 atom stereocenters. The second kappa shape index (κ2) is 2.96. The van der Waals surface area contributed by atoms with Gasteiger partial charge in [-0.05, 0) is 15.9 Å². The topological polar surface area (TPSA) is 66.7 Å². The van der Waals surface area contributed by atoms with Crippen LogP contribution in [-0.2, 0) is 9.59 Å². The third-order valence-corrected chi connectivity index (χ3v) is 1.82. The Bertz CT molecular complexity index is 280. The Kier molecular flexibility index (Phi) is 2.19. The number of ketones is 1. The first-order valence-electron chi connectivity index (χ1n) is 2.80. The Labute approximate surface area is 70.7 Å². The lowest BCUT2D eigenvalue weighted by atomic mass is 10.1. The van der Waals surface area contributed by atoms with Crippen LogP contribution in [0.2, 0.25) is 0 Å². The van der Waals surface area contributed by atoms with Crippen molar-refractivity contribution in [1.82, 2.24) is 0 Å². The number of Topliss-reactive ketones (excluding diaryl/α,β-unsaturated/α-hetero) is 1. The van der Waals surface area contributed by atoms with Gasteiger partial charge in [0.05, 0.1) is 10.9 Å². The molecule has 0 aromatic rings. The highest BCUT2D eigenvalue weighted by atomic mass is 79.9. The molecule has 0 aliphatic carbocycles. The van der Waals surface area contributed by atoms with Crippen LogP contribution in [0.4, 0.5) is 0 Å². The van der Waals surface area contributed by atoms with Gasteiger partial charge in [0.25, 0.3) is 0 Å². The van der Waals surface area contributed by atoms with Gasteiger partial charge in [-0.1, -0.05) is 0 Å². The minimum atomic E-state index is -1.14. The summed E-state index contributed by atoms with van der Waals surface area (Å²) in [6, 6.07) is 0. The van der Waals surface area contributed by atoms with Crippen LogP contribution in [0.15, 0.2) is 15.7 Å². The summed E-state index contributed by atoms with van der Waals surface area (Å²) in [5.74, 6) is -1.40. The first-order valence-corrected chi connectivity index (χ1v) is 3.59. The van der Waals surface area contributed by atoms with Gasteiger partial charge in [-0.3, -0.25) is 9.79 Å². The van der Waals surface area contributed by atoms with Crippen molar-refractivity contribution in [3.8, 4) is 0 Å². The van der Waals surface area contributed by atoms with Gasteiger partial charge in [-0.2, -0.15) is 0 Å². The molecule has 1 aliphatic rings. The number of halogens is 1. The van der Waals surface area contributed by atoms with Crippen LogP contribution in [0.1, 0.15) is 6.42 Å². The molecule has 0 amide bonds. The van der Waals surface area contributed by atoms with Gasteiger partial charge < -0.3 is 5.11 Å². The molecule has 1 heterocycles. The minimum Gasteiger partial charge on any atom is -0.477 e. The second-order valence-electron chi connectivity index (χ2n) is 1.96. The number of carboxylic acid groups (broad SMARTS) is 1. The quantitative estimate of drug-likeness (QED) is 0.704. The van der Waals surface area contributed by atoms with E-state index in [0.29, 0.717) is 4.48 Å².